The number of ether oxygens (including phenoxy) is 4. The summed E-state index contributed by atoms with van der Waals surface area (Å²) >= 11 is 0. The molecule has 0 saturated carbocycles. The molecule has 3 aromatic carbocycles. The second-order valence-electron chi connectivity index (χ2n) is 7.67. The topological polar surface area (TPSA) is 88.1 Å². The lowest BCUT2D eigenvalue weighted by Gasteiger charge is -2.10. The van der Waals surface area contributed by atoms with Gasteiger partial charge < -0.3 is 18.9 Å². The van der Waals surface area contributed by atoms with E-state index in [0.29, 0.717) is 47.0 Å². The van der Waals surface area contributed by atoms with E-state index < -0.39 is 17.9 Å². The number of carbonyl (C=O) groups excluding carboxylic acids is 3. The number of benzene rings is 3. The summed E-state index contributed by atoms with van der Waals surface area (Å²) in [6.07, 6.45) is 1.63. The van der Waals surface area contributed by atoms with Gasteiger partial charge in [-0.15, -0.1) is 0 Å². The molecule has 7 heteroatoms. The molecule has 0 spiro atoms. The first-order chi connectivity index (χ1) is 16.9. The smallest absolute Gasteiger partial charge is 0.343 e. The summed E-state index contributed by atoms with van der Waals surface area (Å²) in [6.45, 7) is 7.61. The van der Waals surface area contributed by atoms with Gasteiger partial charge in [-0.3, -0.25) is 0 Å². The van der Waals surface area contributed by atoms with Crippen molar-refractivity contribution in [1.82, 2.24) is 0 Å². The molecule has 0 aromatic heterocycles. The summed E-state index contributed by atoms with van der Waals surface area (Å²) < 4.78 is 21.3. The Kier molecular flexibility index (Phi) is 8.78. The average Bonchev–Trinajstić information content (AvgIpc) is 2.86. The van der Waals surface area contributed by atoms with Crippen LogP contribution >= 0.6 is 0 Å². The molecule has 0 unspecified atom stereocenters. The van der Waals surface area contributed by atoms with Crippen molar-refractivity contribution in [2.24, 2.45) is 0 Å². The van der Waals surface area contributed by atoms with Crippen molar-refractivity contribution in [3.63, 3.8) is 0 Å². The van der Waals surface area contributed by atoms with Crippen molar-refractivity contribution in [2.75, 3.05) is 13.2 Å². The first-order valence-corrected chi connectivity index (χ1v) is 11.0. The number of rotatable bonds is 10. The van der Waals surface area contributed by atoms with Gasteiger partial charge in [-0.1, -0.05) is 24.3 Å². The van der Waals surface area contributed by atoms with Crippen molar-refractivity contribution in [3.05, 3.63) is 102 Å². The van der Waals surface area contributed by atoms with Gasteiger partial charge in [0.25, 0.3) is 0 Å². The van der Waals surface area contributed by atoms with Crippen molar-refractivity contribution in [1.29, 1.82) is 0 Å². The molecule has 3 rings (SSSR count). The van der Waals surface area contributed by atoms with Gasteiger partial charge in [0.15, 0.2) is 0 Å². The highest BCUT2D eigenvalue weighted by atomic mass is 16.5. The van der Waals surface area contributed by atoms with Crippen LogP contribution in [0.5, 0.6) is 17.2 Å². The van der Waals surface area contributed by atoms with Gasteiger partial charge in [-0.2, -0.15) is 0 Å². The molecule has 0 atom stereocenters. The molecule has 0 aliphatic carbocycles. The number of esters is 3. The molecule has 0 radical (unpaired) electrons. The number of hydrogen-bond acceptors (Lipinski definition) is 7. The van der Waals surface area contributed by atoms with Crippen molar-refractivity contribution < 1.29 is 33.3 Å². The van der Waals surface area contributed by atoms with Crippen LogP contribution in [0.15, 0.2) is 79.4 Å². The molecule has 7 nitrogen and oxygen atoms in total. The largest absolute Gasteiger partial charge is 0.493 e. The molecule has 0 N–H and O–H groups in total. The van der Waals surface area contributed by atoms with Crippen LogP contribution in [-0.4, -0.2) is 31.1 Å². The SMILES string of the molecule is C=CC(=O)OCCCOc1ccc(C(=O)Oc2ccc(C(=O)Oc3ccc(C)cc3)cc2C)cc1. The fourth-order valence-electron chi connectivity index (χ4n) is 2.99. The Balaban J connectivity index is 1.52. The lowest BCUT2D eigenvalue weighted by molar-refractivity contribution is -0.137. The van der Waals surface area contributed by atoms with E-state index in [0.717, 1.165) is 11.6 Å². The zero-order chi connectivity index (χ0) is 25.2. The summed E-state index contributed by atoms with van der Waals surface area (Å²) in [7, 11) is 0. The summed E-state index contributed by atoms with van der Waals surface area (Å²) in [4.78, 5) is 35.9. The summed E-state index contributed by atoms with van der Waals surface area (Å²) in [5.41, 5.74) is 2.38. The minimum absolute atomic E-state index is 0.233. The molecule has 0 heterocycles. The standard InChI is InChI=1S/C28H26O7/c1-4-26(29)33-17-5-16-32-23-13-8-21(9-14-23)27(30)35-25-15-10-22(18-20(25)3)28(31)34-24-11-6-19(2)7-12-24/h4,6-15,18H,1,5,16-17H2,2-3H3. The average molecular weight is 475 g/mol. The molecule has 0 amide bonds. The molecular weight excluding hydrogens is 448 g/mol. The van der Waals surface area contributed by atoms with Crippen LogP contribution in [0.4, 0.5) is 0 Å². The molecule has 0 aliphatic heterocycles. The Bertz CT molecular complexity index is 1190. The first-order valence-electron chi connectivity index (χ1n) is 11.0. The maximum Gasteiger partial charge on any atom is 0.343 e. The lowest BCUT2D eigenvalue weighted by Crippen LogP contribution is -2.11. The van der Waals surface area contributed by atoms with Gasteiger partial charge in [-0.25, -0.2) is 14.4 Å². The van der Waals surface area contributed by atoms with E-state index in [1.54, 1.807) is 61.5 Å². The summed E-state index contributed by atoms with van der Waals surface area (Å²) in [6, 6.07) is 18.4. The van der Waals surface area contributed by atoms with Crippen LogP contribution in [-0.2, 0) is 9.53 Å². The molecule has 180 valence electrons. The lowest BCUT2D eigenvalue weighted by atomic mass is 10.1. The number of carbonyl (C=O) groups is 3. The van der Waals surface area contributed by atoms with Crippen LogP contribution in [0.25, 0.3) is 0 Å². The van der Waals surface area contributed by atoms with E-state index >= 15 is 0 Å². The Hall–Kier alpha value is -4.39. The second-order valence-corrected chi connectivity index (χ2v) is 7.67. The van der Waals surface area contributed by atoms with Gasteiger partial charge >= 0.3 is 17.9 Å². The quantitative estimate of drug-likeness (QED) is 0.172. The van der Waals surface area contributed by atoms with E-state index in [1.165, 1.54) is 0 Å². The molecule has 35 heavy (non-hydrogen) atoms. The fraction of sp³-hybridized carbons (Fsp3) is 0.179. The third-order valence-electron chi connectivity index (χ3n) is 4.90. The van der Waals surface area contributed by atoms with Crippen LogP contribution in [0.1, 0.15) is 38.3 Å². The summed E-state index contributed by atoms with van der Waals surface area (Å²) in [5.74, 6) is -0.131. The van der Waals surface area contributed by atoms with Crippen LogP contribution in [0.3, 0.4) is 0 Å². The van der Waals surface area contributed by atoms with Crippen molar-refractivity contribution in [3.8, 4) is 17.2 Å². The fourth-order valence-corrected chi connectivity index (χ4v) is 2.99. The molecule has 0 fully saturated rings. The van der Waals surface area contributed by atoms with Crippen molar-refractivity contribution >= 4 is 17.9 Å². The maximum atomic E-state index is 12.5. The molecule has 0 aliphatic rings. The van der Waals surface area contributed by atoms with Gasteiger partial charge in [0.2, 0.25) is 0 Å². The van der Waals surface area contributed by atoms with Gasteiger partial charge in [0.05, 0.1) is 24.3 Å². The summed E-state index contributed by atoms with van der Waals surface area (Å²) in [5, 5.41) is 0. The van der Waals surface area contributed by atoms with E-state index in [9.17, 15) is 14.4 Å². The highest BCUT2D eigenvalue weighted by molar-refractivity contribution is 5.93. The highest BCUT2D eigenvalue weighted by Gasteiger charge is 2.14. The predicted octanol–water partition coefficient (Wildman–Crippen LogP) is 5.24. The van der Waals surface area contributed by atoms with E-state index in [1.807, 2.05) is 19.1 Å². The van der Waals surface area contributed by atoms with Crippen molar-refractivity contribution in [2.45, 2.75) is 20.3 Å². The third-order valence-corrected chi connectivity index (χ3v) is 4.90. The van der Waals surface area contributed by atoms with Gasteiger partial charge in [0.1, 0.15) is 17.2 Å². The van der Waals surface area contributed by atoms with E-state index in [2.05, 4.69) is 6.58 Å². The van der Waals surface area contributed by atoms with Gasteiger partial charge in [-0.05, 0) is 74.0 Å². The zero-order valence-electron chi connectivity index (χ0n) is 19.6. The Morgan fingerprint density at radius 3 is 2.06 bits per heavy atom. The minimum atomic E-state index is -0.536. The van der Waals surface area contributed by atoms with E-state index in [-0.39, 0.29) is 6.61 Å². The first kappa shape index (κ1) is 25.2. The normalized spacial score (nSPS) is 10.2. The highest BCUT2D eigenvalue weighted by Crippen LogP contribution is 2.23. The zero-order valence-corrected chi connectivity index (χ0v) is 19.6. The Morgan fingerprint density at radius 2 is 1.40 bits per heavy atom. The minimum Gasteiger partial charge on any atom is -0.493 e. The molecule has 0 bridgehead atoms. The Labute approximate surface area is 203 Å². The second kappa shape index (κ2) is 12.2. The molecule has 0 saturated heterocycles. The number of hydrogen-bond donors (Lipinski definition) is 0. The predicted molar refractivity (Wildman–Crippen MR) is 130 cm³/mol. The van der Waals surface area contributed by atoms with Crippen LogP contribution < -0.4 is 14.2 Å². The monoisotopic (exact) mass is 474 g/mol. The molecule has 3 aromatic rings. The number of aryl methyl sites for hydroxylation is 2. The third kappa shape index (κ3) is 7.57. The maximum absolute atomic E-state index is 12.5. The Morgan fingerprint density at radius 1 is 0.771 bits per heavy atom. The molecular formula is C28H26O7. The van der Waals surface area contributed by atoms with E-state index in [4.69, 9.17) is 18.9 Å². The van der Waals surface area contributed by atoms with Crippen LogP contribution in [0.2, 0.25) is 0 Å². The van der Waals surface area contributed by atoms with Gasteiger partial charge in [0, 0.05) is 12.5 Å². The van der Waals surface area contributed by atoms with Crippen LogP contribution in [0, 0.1) is 13.8 Å².